The minimum absolute atomic E-state index is 0.366. The predicted molar refractivity (Wildman–Crippen MR) is 80.1 cm³/mol. The number of fused-ring (bicyclic) bond motifs is 1. The van der Waals surface area contributed by atoms with Gasteiger partial charge in [0.05, 0.1) is 4.88 Å². The first kappa shape index (κ1) is 15.4. The third kappa shape index (κ3) is 3.39. The van der Waals surface area contributed by atoms with Gasteiger partial charge in [0.2, 0.25) is 0 Å². The van der Waals surface area contributed by atoms with Crippen LogP contribution in [0.5, 0.6) is 0 Å². The summed E-state index contributed by atoms with van der Waals surface area (Å²) >= 11 is 1.14. The molecule has 1 atom stereocenters. The molecule has 1 aromatic heterocycles. The Morgan fingerprint density at radius 2 is 1.95 bits per heavy atom. The third-order valence-corrected chi connectivity index (χ3v) is 4.19. The van der Waals surface area contributed by atoms with E-state index in [1.165, 1.54) is 12.1 Å². The summed E-state index contributed by atoms with van der Waals surface area (Å²) in [6.45, 7) is 5.23. The fourth-order valence-corrected chi connectivity index (χ4v) is 2.96. The molecule has 0 saturated carbocycles. The third-order valence-electron chi connectivity index (χ3n) is 3.09. The molecular weight excluding hydrogens is 293 g/mol. The van der Waals surface area contributed by atoms with Crippen molar-refractivity contribution in [2.75, 3.05) is 0 Å². The molecule has 6 heteroatoms. The summed E-state index contributed by atoms with van der Waals surface area (Å²) in [7, 11) is 0. The number of thiophene rings is 1. The molecule has 0 aliphatic rings. The summed E-state index contributed by atoms with van der Waals surface area (Å²) in [4.78, 5) is 23.8. The van der Waals surface area contributed by atoms with Crippen molar-refractivity contribution < 1.29 is 19.1 Å². The maximum Gasteiger partial charge on any atom is 0.326 e. The van der Waals surface area contributed by atoms with Gasteiger partial charge in [-0.05, 0) is 29.0 Å². The normalized spacial score (nSPS) is 13.1. The Labute approximate surface area is 125 Å². The van der Waals surface area contributed by atoms with E-state index in [9.17, 15) is 19.1 Å². The molecule has 0 aliphatic carbocycles. The number of rotatable bonds is 3. The number of carboxylic acids is 1. The second-order valence-electron chi connectivity index (χ2n) is 5.90. The molecule has 21 heavy (non-hydrogen) atoms. The number of nitrogens with one attached hydrogen (secondary N) is 1. The number of hydrogen-bond acceptors (Lipinski definition) is 3. The number of hydrogen-bond donors (Lipinski definition) is 2. The maximum atomic E-state index is 13.1. The van der Waals surface area contributed by atoms with Gasteiger partial charge in [-0.3, -0.25) is 4.79 Å². The van der Waals surface area contributed by atoms with E-state index < -0.39 is 23.3 Å². The average Bonchev–Trinajstić information content (AvgIpc) is 2.76. The molecular formula is C15H16FNO3S. The van der Waals surface area contributed by atoms with Crippen molar-refractivity contribution in [1.82, 2.24) is 5.32 Å². The standard InChI is InChI=1S/C15H16FNO3S/c1-15(2,3)12(14(19)20)17-13(18)11-6-8-4-5-9(16)7-10(8)21-11/h4-7,12H,1-3H3,(H,17,18)(H,19,20). The Morgan fingerprint density at radius 1 is 1.29 bits per heavy atom. The predicted octanol–water partition coefficient (Wildman–Crippen LogP) is 3.27. The zero-order valence-electron chi connectivity index (χ0n) is 11.9. The molecule has 1 unspecified atom stereocenters. The Hall–Kier alpha value is -1.95. The second-order valence-corrected chi connectivity index (χ2v) is 6.99. The molecule has 1 heterocycles. The molecule has 112 valence electrons. The lowest BCUT2D eigenvalue weighted by Crippen LogP contribution is -2.48. The number of amides is 1. The highest BCUT2D eigenvalue weighted by molar-refractivity contribution is 7.20. The summed E-state index contributed by atoms with van der Waals surface area (Å²) in [5.41, 5.74) is -0.607. The van der Waals surface area contributed by atoms with E-state index in [2.05, 4.69) is 5.32 Å². The number of halogens is 1. The number of carbonyl (C=O) groups is 2. The minimum Gasteiger partial charge on any atom is -0.480 e. The van der Waals surface area contributed by atoms with Crippen LogP contribution in [-0.2, 0) is 4.79 Å². The first-order valence-electron chi connectivity index (χ1n) is 6.41. The minimum atomic E-state index is -1.08. The van der Waals surface area contributed by atoms with Gasteiger partial charge >= 0.3 is 5.97 Å². The molecule has 0 radical (unpaired) electrons. The van der Waals surface area contributed by atoms with Crippen LogP contribution >= 0.6 is 11.3 Å². The van der Waals surface area contributed by atoms with Gasteiger partial charge in [0.1, 0.15) is 11.9 Å². The van der Waals surface area contributed by atoms with Crippen molar-refractivity contribution in [3.05, 3.63) is 35.0 Å². The summed E-state index contributed by atoms with van der Waals surface area (Å²) in [6.07, 6.45) is 0. The van der Waals surface area contributed by atoms with Crippen LogP contribution in [0.1, 0.15) is 30.4 Å². The number of carboxylic acid groups (broad SMARTS) is 1. The SMILES string of the molecule is CC(C)(C)C(NC(=O)c1cc2ccc(F)cc2s1)C(=O)O. The quantitative estimate of drug-likeness (QED) is 0.914. The van der Waals surface area contributed by atoms with Crippen molar-refractivity contribution >= 4 is 33.3 Å². The van der Waals surface area contributed by atoms with Crippen molar-refractivity contribution in [3.63, 3.8) is 0 Å². The lowest BCUT2D eigenvalue weighted by molar-refractivity contribution is -0.142. The molecule has 2 N–H and O–H groups in total. The lowest BCUT2D eigenvalue weighted by Gasteiger charge is -2.27. The van der Waals surface area contributed by atoms with Crippen LogP contribution in [-0.4, -0.2) is 23.0 Å². The number of aliphatic carboxylic acids is 1. The summed E-state index contributed by atoms with van der Waals surface area (Å²) in [6, 6.07) is 4.92. The Kier molecular flexibility index (Phi) is 4.00. The highest BCUT2D eigenvalue weighted by atomic mass is 32.1. The van der Waals surface area contributed by atoms with Gasteiger partial charge in [0.15, 0.2) is 0 Å². The largest absolute Gasteiger partial charge is 0.480 e. The Bertz CT molecular complexity index is 702. The molecule has 0 aliphatic heterocycles. The number of benzene rings is 1. The number of carbonyl (C=O) groups excluding carboxylic acids is 1. The van der Waals surface area contributed by atoms with Gasteiger partial charge in [-0.2, -0.15) is 0 Å². The lowest BCUT2D eigenvalue weighted by atomic mass is 9.87. The highest BCUT2D eigenvalue weighted by Gasteiger charge is 2.33. The van der Waals surface area contributed by atoms with Crippen LogP contribution in [0, 0.1) is 11.2 Å². The van der Waals surface area contributed by atoms with E-state index in [1.54, 1.807) is 32.9 Å². The van der Waals surface area contributed by atoms with E-state index in [4.69, 9.17) is 0 Å². The van der Waals surface area contributed by atoms with Gasteiger partial charge < -0.3 is 10.4 Å². The first-order chi connectivity index (χ1) is 9.68. The van der Waals surface area contributed by atoms with E-state index >= 15 is 0 Å². The molecule has 2 rings (SSSR count). The average molecular weight is 309 g/mol. The van der Waals surface area contributed by atoms with E-state index in [0.29, 0.717) is 9.58 Å². The van der Waals surface area contributed by atoms with E-state index in [0.717, 1.165) is 16.7 Å². The Balaban J connectivity index is 2.27. The van der Waals surface area contributed by atoms with Gasteiger partial charge in [-0.25, -0.2) is 9.18 Å². The zero-order chi connectivity index (χ0) is 15.8. The summed E-state index contributed by atoms with van der Waals surface area (Å²) in [5, 5.41) is 12.5. The fourth-order valence-electron chi connectivity index (χ4n) is 1.97. The van der Waals surface area contributed by atoms with Crippen LogP contribution < -0.4 is 5.32 Å². The van der Waals surface area contributed by atoms with E-state index in [-0.39, 0.29) is 5.82 Å². The molecule has 4 nitrogen and oxygen atoms in total. The van der Waals surface area contributed by atoms with Gasteiger partial charge in [0, 0.05) is 4.70 Å². The topological polar surface area (TPSA) is 66.4 Å². The van der Waals surface area contributed by atoms with Crippen molar-refractivity contribution in [1.29, 1.82) is 0 Å². The smallest absolute Gasteiger partial charge is 0.326 e. The van der Waals surface area contributed by atoms with Crippen LogP contribution in [0.3, 0.4) is 0 Å². The molecule has 1 amide bonds. The van der Waals surface area contributed by atoms with Crippen LogP contribution in [0.2, 0.25) is 0 Å². The van der Waals surface area contributed by atoms with Gasteiger partial charge in [0.25, 0.3) is 5.91 Å². The molecule has 2 aromatic rings. The molecule has 0 fully saturated rings. The Morgan fingerprint density at radius 3 is 2.52 bits per heavy atom. The monoisotopic (exact) mass is 309 g/mol. The second kappa shape index (κ2) is 5.44. The first-order valence-corrected chi connectivity index (χ1v) is 7.23. The molecule has 0 bridgehead atoms. The highest BCUT2D eigenvalue weighted by Crippen LogP contribution is 2.27. The molecule has 0 saturated heterocycles. The van der Waals surface area contributed by atoms with Crippen LogP contribution in [0.15, 0.2) is 24.3 Å². The van der Waals surface area contributed by atoms with Gasteiger partial charge in [-0.1, -0.05) is 26.8 Å². The van der Waals surface area contributed by atoms with Crippen molar-refractivity contribution in [3.8, 4) is 0 Å². The van der Waals surface area contributed by atoms with Crippen LogP contribution in [0.4, 0.5) is 4.39 Å². The summed E-state index contributed by atoms with van der Waals surface area (Å²) in [5.74, 6) is -1.91. The van der Waals surface area contributed by atoms with Crippen LogP contribution in [0.25, 0.3) is 10.1 Å². The fraction of sp³-hybridized carbons (Fsp3) is 0.333. The van der Waals surface area contributed by atoms with Crippen molar-refractivity contribution in [2.24, 2.45) is 5.41 Å². The summed E-state index contributed by atoms with van der Waals surface area (Å²) < 4.78 is 13.8. The maximum absolute atomic E-state index is 13.1. The molecule has 0 spiro atoms. The van der Waals surface area contributed by atoms with Gasteiger partial charge in [-0.15, -0.1) is 11.3 Å². The van der Waals surface area contributed by atoms with E-state index in [1.807, 2.05) is 0 Å². The van der Waals surface area contributed by atoms with Crippen molar-refractivity contribution in [2.45, 2.75) is 26.8 Å². The zero-order valence-corrected chi connectivity index (χ0v) is 12.8. The molecule has 1 aromatic carbocycles.